The first kappa shape index (κ1) is 11.3. The summed E-state index contributed by atoms with van der Waals surface area (Å²) in [7, 11) is 0. The van der Waals surface area contributed by atoms with Gasteiger partial charge in [0.2, 0.25) is 0 Å². The van der Waals surface area contributed by atoms with E-state index in [0.29, 0.717) is 0 Å². The molecule has 0 saturated heterocycles. The molecule has 0 N–H and O–H groups in total. The van der Waals surface area contributed by atoms with Gasteiger partial charge in [0.15, 0.2) is 0 Å². The standard InChI is InChI=1S/C9H14N2.BrH/c1-4-5-10-6-7-11(8-10)9(2)3;/h4,6-7H,1-2,5,8H2,3H3;1H. The van der Waals surface area contributed by atoms with Crippen LogP contribution in [0.4, 0.5) is 0 Å². The second kappa shape index (κ2) is 5.04. The number of halogens is 1. The number of allylic oxidation sites excluding steroid dienone is 1. The summed E-state index contributed by atoms with van der Waals surface area (Å²) in [5, 5.41) is 0. The molecule has 0 aromatic carbocycles. The molecule has 0 radical (unpaired) electrons. The monoisotopic (exact) mass is 230 g/mol. The summed E-state index contributed by atoms with van der Waals surface area (Å²) >= 11 is 0. The minimum atomic E-state index is 0. The summed E-state index contributed by atoms with van der Waals surface area (Å²) in [6.07, 6.45) is 5.98. The van der Waals surface area contributed by atoms with Crippen LogP contribution in [0.3, 0.4) is 0 Å². The summed E-state index contributed by atoms with van der Waals surface area (Å²) in [5.74, 6) is 0. The minimum absolute atomic E-state index is 0. The van der Waals surface area contributed by atoms with Gasteiger partial charge in [0.05, 0.1) is 6.67 Å². The molecule has 0 fully saturated rings. The van der Waals surface area contributed by atoms with Crippen molar-refractivity contribution in [1.29, 1.82) is 0 Å². The Kier molecular flexibility index (Phi) is 4.74. The second-order valence-corrected chi connectivity index (χ2v) is 2.70. The molecule has 3 heteroatoms. The van der Waals surface area contributed by atoms with Crippen LogP contribution >= 0.6 is 17.0 Å². The van der Waals surface area contributed by atoms with Crippen LogP contribution in [-0.4, -0.2) is 23.0 Å². The molecule has 0 saturated carbocycles. The summed E-state index contributed by atoms with van der Waals surface area (Å²) in [6.45, 7) is 11.3. The summed E-state index contributed by atoms with van der Waals surface area (Å²) in [6, 6.07) is 0. The molecule has 1 rings (SSSR count). The van der Waals surface area contributed by atoms with Crippen LogP contribution in [0.25, 0.3) is 0 Å². The molecule has 0 unspecified atom stereocenters. The third kappa shape index (κ3) is 2.74. The Labute approximate surface area is 84.6 Å². The zero-order valence-electron chi connectivity index (χ0n) is 7.36. The molecule has 1 aliphatic heterocycles. The third-order valence-electron chi connectivity index (χ3n) is 1.65. The van der Waals surface area contributed by atoms with E-state index in [1.165, 1.54) is 0 Å². The fraction of sp³-hybridized carbons (Fsp3) is 0.333. The van der Waals surface area contributed by atoms with Crippen LogP contribution in [0.2, 0.25) is 0 Å². The van der Waals surface area contributed by atoms with Crippen LogP contribution in [0, 0.1) is 0 Å². The topological polar surface area (TPSA) is 6.48 Å². The highest BCUT2D eigenvalue weighted by Crippen LogP contribution is 2.10. The van der Waals surface area contributed by atoms with Gasteiger partial charge in [0.25, 0.3) is 0 Å². The zero-order valence-corrected chi connectivity index (χ0v) is 9.08. The maximum absolute atomic E-state index is 3.85. The summed E-state index contributed by atoms with van der Waals surface area (Å²) in [4.78, 5) is 4.27. The molecular weight excluding hydrogens is 216 g/mol. The predicted molar refractivity (Wildman–Crippen MR) is 57.9 cm³/mol. The van der Waals surface area contributed by atoms with Crippen molar-refractivity contribution in [1.82, 2.24) is 9.80 Å². The quantitative estimate of drug-likeness (QED) is 0.688. The molecule has 12 heavy (non-hydrogen) atoms. The number of hydrogen-bond acceptors (Lipinski definition) is 2. The first-order chi connectivity index (χ1) is 5.24. The molecule has 0 spiro atoms. The lowest BCUT2D eigenvalue weighted by molar-refractivity contribution is 0.325. The fourth-order valence-corrected chi connectivity index (χ4v) is 0.997. The van der Waals surface area contributed by atoms with E-state index in [2.05, 4.69) is 29.2 Å². The van der Waals surface area contributed by atoms with Gasteiger partial charge in [-0.15, -0.1) is 23.6 Å². The van der Waals surface area contributed by atoms with Crippen molar-refractivity contribution in [2.24, 2.45) is 0 Å². The first-order valence-corrected chi connectivity index (χ1v) is 3.69. The van der Waals surface area contributed by atoms with Gasteiger partial charge in [0.1, 0.15) is 0 Å². The van der Waals surface area contributed by atoms with Crippen LogP contribution in [0.1, 0.15) is 6.92 Å². The van der Waals surface area contributed by atoms with Crippen LogP contribution < -0.4 is 0 Å². The molecule has 68 valence electrons. The molecule has 0 bridgehead atoms. The average molecular weight is 231 g/mol. The first-order valence-electron chi connectivity index (χ1n) is 3.69. The molecule has 1 aliphatic rings. The summed E-state index contributed by atoms with van der Waals surface area (Å²) in [5.41, 5.74) is 1.08. The van der Waals surface area contributed by atoms with E-state index < -0.39 is 0 Å². The SMILES string of the molecule is Br.C=CCN1C=CN(C(=C)C)C1. The summed E-state index contributed by atoms with van der Waals surface area (Å²) < 4.78 is 0. The lowest BCUT2D eigenvalue weighted by Crippen LogP contribution is -2.23. The molecule has 1 heterocycles. The molecule has 0 aromatic heterocycles. The number of rotatable bonds is 3. The molecular formula is C9H15BrN2. The van der Waals surface area contributed by atoms with Gasteiger partial charge in [-0.25, -0.2) is 0 Å². The normalized spacial score (nSPS) is 14.4. The van der Waals surface area contributed by atoms with Crippen LogP contribution in [0.15, 0.2) is 37.3 Å². The van der Waals surface area contributed by atoms with E-state index in [0.717, 1.165) is 18.9 Å². The van der Waals surface area contributed by atoms with Crippen LogP contribution in [-0.2, 0) is 0 Å². The van der Waals surface area contributed by atoms with E-state index in [1.54, 1.807) is 0 Å². The minimum Gasteiger partial charge on any atom is -0.355 e. The molecule has 0 aliphatic carbocycles. The predicted octanol–water partition coefficient (Wildman–Crippen LogP) is 2.33. The number of nitrogens with zero attached hydrogens (tertiary/aromatic N) is 2. The van der Waals surface area contributed by atoms with Crippen molar-refractivity contribution in [3.05, 3.63) is 37.3 Å². The van der Waals surface area contributed by atoms with Gasteiger partial charge in [-0.05, 0) is 6.92 Å². The molecule has 0 amide bonds. The Morgan fingerprint density at radius 1 is 1.58 bits per heavy atom. The van der Waals surface area contributed by atoms with Gasteiger partial charge >= 0.3 is 0 Å². The molecule has 0 atom stereocenters. The van der Waals surface area contributed by atoms with Crippen molar-refractivity contribution >= 4 is 17.0 Å². The Morgan fingerprint density at radius 3 is 2.67 bits per heavy atom. The zero-order chi connectivity index (χ0) is 8.27. The van der Waals surface area contributed by atoms with E-state index >= 15 is 0 Å². The lowest BCUT2D eigenvalue weighted by Gasteiger charge is -2.19. The number of hydrogen-bond donors (Lipinski definition) is 0. The van der Waals surface area contributed by atoms with Crippen molar-refractivity contribution < 1.29 is 0 Å². The van der Waals surface area contributed by atoms with E-state index in [4.69, 9.17) is 0 Å². The highest BCUT2D eigenvalue weighted by molar-refractivity contribution is 8.93. The largest absolute Gasteiger partial charge is 0.355 e. The van der Waals surface area contributed by atoms with Gasteiger partial charge in [-0.2, -0.15) is 0 Å². The van der Waals surface area contributed by atoms with Crippen molar-refractivity contribution in [3.63, 3.8) is 0 Å². The van der Waals surface area contributed by atoms with E-state index in [9.17, 15) is 0 Å². The maximum atomic E-state index is 3.85. The van der Waals surface area contributed by atoms with E-state index in [-0.39, 0.29) is 17.0 Å². The Bertz CT molecular complexity index is 199. The Balaban J connectivity index is 0.00000121. The van der Waals surface area contributed by atoms with Gasteiger partial charge < -0.3 is 9.80 Å². The fourth-order valence-electron chi connectivity index (χ4n) is 0.997. The van der Waals surface area contributed by atoms with E-state index in [1.807, 2.05) is 19.2 Å². The van der Waals surface area contributed by atoms with Crippen molar-refractivity contribution in [2.45, 2.75) is 6.92 Å². The lowest BCUT2D eigenvalue weighted by atomic mass is 10.5. The van der Waals surface area contributed by atoms with Gasteiger partial charge in [0, 0.05) is 24.6 Å². The maximum Gasteiger partial charge on any atom is 0.0941 e. The Morgan fingerprint density at radius 2 is 2.25 bits per heavy atom. The smallest absolute Gasteiger partial charge is 0.0941 e. The highest BCUT2D eigenvalue weighted by Gasteiger charge is 2.09. The second-order valence-electron chi connectivity index (χ2n) is 2.70. The van der Waals surface area contributed by atoms with Gasteiger partial charge in [-0.1, -0.05) is 12.7 Å². The molecule has 0 aromatic rings. The van der Waals surface area contributed by atoms with Gasteiger partial charge in [-0.3, -0.25) is 0 Å². The third-order valence-corrected chi connectivity index (χ3v) is 1.65. The van der Waals surface area contributed by atoms with Crippen molar-refractivity contribution in [3.8, 4) is 0 Å². The molecule has 2 nitrogen and oxygen atoms in total. The van der Waals surface area contributed by atoms with Crippen molar-refractivity contribution in [2.75, 3.05) is 13.2 Å². The highest BCUT2D eigenvalue weighted by atomic mass is 79.9. The Hall–Kier alpha value is -0.700. The van der Waals surface area contributed by atoms with Crippen LogP contribution in [0.5, 0.6) is 0 Å². The average Bonchev–Trinajstić information content (AvgIpc) is 2.37.